The molecule has 9 nitrogen and oxygen atoms in total. The van der Waals surface area contributed by atoms with Crippen molar-refractivity contribution in [3.05, 3.63) is 66.5 Å². The van der Waals surface area contributed by atoms with Gasteiger partial charge >= 0.3 is 0 Å². The number of amides is 2. The van der Waals surface area contributed by atoms with Crippen molar-refractivity contribution in [2.45, 2.75) is 37.3 Å². The van der Waals surface area contributed by atoms with Gasteiger partial charge in [-0.2, -0.15) is 5.10 Å². The van der Waals surface area contributed by atoms with Gasteiger partial charge in [-0.3, -0.25) is 19.2 Å². The van der Waals surface area contributed by atoms with E-state index in [1.54, 1.807) is 4.68 Å². The number of rotatable bonds is 6. The van der Waals surface area contributed by atoms with Crippen molar-refractivity contribution in [3.63, 3.8) is 0 Å². The van der Waals surface area contributed by atoms with Crippen LogP contribution in [0.1, 0.15) is 31.2 Å². The fraction of sp³-hybridized carbons (Fsp3) is 0.438. The highest BCUT2D eigenvalue weighted by molar-refractivity contribution is 6.15. The molecule has 1 aromatic heterocycles. The van der Waals surface area contributed by atoms with E-state index in [9.17, 15) is 9.59 Å². The van der Waals surface area contributed by atoms with Crippen LogP contribution in [0.5, 0.6) is 0 Å². The Bertz CT molecular complexity index is 1470. The number of likely N-dealkylation sites (tertiary alicyclic amines) is 1. The molecule has 3 aromatic rings. The number of amidine groups is 1. The van der Waals surface area contributed by atoms with E-state index in [0.717, 1.165) is 47.1 Å². The summed E-state index contributed by atoms with van der Waals surface area (Å²) in [7, 11) is 1.92. The lowest BCUT2D eigenvalue weighted by atomic mass is 9.98. The van der Waals surface area contributed by atoms with Crippen LogP contribution in [0.15, 0.2) is 65.9 Å². The van der Waals surface area contributed by atoms with Crippen molar-refractivity contribution < 1.29 is 19.1 Å². The number of carbonyl (C=O) groups is 2. The van der Waals surface area contributed by atoms with Crippen molar-refractivity contribution in [2.75, 3.05) is 39.5 Å². The van der Waals surface area contributed by atoms with E-state index in [1.165, 1.54) is 0 Å². The third-order valence-corrected chi connectivity index (χ3v) is 8.86. The molecule has 4 aliphatic heterocycles. The monoisotopic (exact) mass is 553 g/mol. The Morgan fingerprint density at radius 1 is 0.976 bits per heavy atom. The minimum Gasteiger partial charge on any atom is -0.378 e. The molecular formula is C32H35N5O4. The molecule has 0 bridgehead atoms. The van der Waals surface area contributed by atoms with Crippen molar-refractivity contribution in [1.29, 1.82) is 0 Å². The molecule has 5 heterocycles. The lowest BCUT2D eigenvalue weighted by Gasteiger charge is -2.25. The molecule has 3 atom stereocenters. The van der Waals surface area contributed by atoms with Gasteiger partial charge < -0.3 is 14.4 Å². The van der Waals surface area contributed by atoms with Crippen LogP contribution in [-0.2, 0) is 26.1 Å². The Morgan fingerprint density at radius 3 is 2.29 bits per heavy atom. The third-order valence-electron chi connectivity index (χ3n) is 8.86. The SMILES string of the molecule is Cn1cc(-c2ccc(-c3ccc(C4=NC5(CCOC5)C(=O)N4C[C@@H]4CCN(C(=O)[C@H]5CCCO5)C4)cc3)cc2)cn1. The summed E-state index contributed by atoms with van der Waals surface area (Å²) in [4.78, 5) is 35.5. The maximum Gasteiger partial charge on any atom is 0.258 e. The standard InChI is InChI=1S/C32H35N5O4/c1-35-20-27(17-33-35)25-6-4-23(5-7-25)24-8-10-26(11-9-24)29-34-32(13-16-40-21-32)31(39)37(29)19-22-12-14-36(18-22)30(38)28-3-2-15-41-28/h4-11,17,20,22,28H,2-3,12-16,18-19,21H2,1H3/t22-,28-,32?/m1/s1. The van der Waals surface area contributed by atoms with Gasteiger partial charge in [0.15, 0.2) is 5.54 Å². The van der Waals surface area contributed by atoms with Gasteiger partial charge in [-0.05, 0) is 41.9 Å². The highest BCUT2D eigenvalue weighted by Crippen LogP contribution is 2.35. The molecule has 0 N–H and O–H groups in total. The molecule has 41 heavy (non-hydrogen) atoms. The normalized spacial score (nSPS) is 26.0. The first-order valence-electron chi connectivity index (χ1n) is 14.6. The van der Waals surface area contributed by atoms with Gasteiger partial charge in [0.05, 0.1) is 12.8 Å². The number of nitrogens with zero attached hydrogens (tertiary/aromatic N) is 5. The lowest BCUT2D eigenvalue weighted by molar-refractivity contribution is -0.139. The maximum atomic E-state index is 13.8. The molecule has 1 spiro atoms. The summed E-state index contributed by atoms with van der Waals surface area (Å²) in [5, 5.41) is 4.27. The topological polar surface area (TPSA) is 89.3 Å². The molecule has 0 radical (unpaired) electrons. The number of carbonyl (C=O) groups excluding carboxylic acids is 2. The molecule has 2 amide bonds. The third kappa shape index (κ3) is 4.87. The second-order valence-electron chi connectivity index (χ2n) is 11.7. The summed E-state index contributed by atoms with van der Waals surface area (Å²) in [5.74, 6) is 1.02. The predicted octanol–water partition coefficient (Wildman–Crippen LogP) is 3.53. The molecule has 7 rings (SSSR count). The first kappa shape index (κ1) is 26.1. The predicted molar refractivity (Wildman–Crippen MR) is 154 cm³/mol. The molecular weight excluding hydrogens is 518 g/mol. The van der Waals surface area contributed by atoms with E-state index in [4.69, 9.17) is 14.5 Å². The van der Waals surface area contributed by atoms with Crippen LogP contribution < -0.4 is 0 Å². The number of ether oxygens (including phenoxy) is 2. The number of hydrogen-bond acceptors (Lipinski definition) is 6. The number of aryl methyl sites for hydroxylation is 1. The maximum absolute atomic E-state index is 13.8. The summed E-state index contributed by atoms with van der Waals surface area (Å²) >= 11 is 0. The fourth-order valence-corrected chi connectivity index (χ4v) is 6.51. The Hall–Kier alpha value is -3.82. The summed E-state index contributed by atoms with van der Waals surface area (Å²) in [6.45, 7) is 3.42. The van der Waals surface area contributed by atoms with Crippen molar-refractivity contribution in [2.24, 2.45) is 18.0 Å². The van der Waals surface area contributed by atoms with E-state index in [0.29, 0.717) is 51.7 Å². The summed E-state index contributed by atoms with van der Waals surface area (Å²) in [6, 6.07) is 16.8. The Kier molecular flexibility index (Phi) is 6.71. The fourth-order valence-electron chi connectivity index (χ4n) is 6.51. The Labute approximate surface area is 239 Å². The van der Waals surface area contributed by atoms with Crippen molar-refractivity contribution in [3.8, 4) is 22.3 Å². The van der Waals surface area contributed by atoms with Gasteiger partial charge in [-0.25, -0.2) is 4.99 Å². The number of benzene rings is 2. The highest BCUT2D eigenvalue weighted by atomic mass is 16.5. The molecule has 2 aromatic carbocycles. The summed E-state index contributed by atoms with van der Waals surface area (Å²) in [6.07, 6.45) is 6.78. The van der Waals surface area contributed by atoms with E-state index >= 15 is 0 Å². The van der Waals surface area contributed by atoms with Crippen LogP contribution in [-0.4, -0.2) is 88.3 Å². The molecule has 0 saturated carbocycles. The van der Waals surface area contributed by atoms with Gasteiger partial charge in [-0.1, -0.05) is 48.5 Å². The Morgan fingerprint density at radius 2 is 1.68 bits per heavy atom. The smallest absolute Gasteiger partial charge is 0.258 e. The minimum atomic E-state index is -0.831. The zero-order chi connectivity index (χ0) is 28.0. The van der Waals surface area contributed by atoms with E-state index < -0.39 is 5.54 Å². The number of aliphatic imine (C=N–C) groups is 1. The van der Waals surface area contributed by atoms with Crippen LogP contribution in [0.4, 0.5) is 0 Å². The van der Waals surface area contributed by atoms with Gasteiger partial charge in [0.2, 0.25) is 0 Å². The van der Waals surface area contributed by atoms with Crippen LogP contribution in [0.25, 0.3) is 22.3 Å². The van der Waals surface area contributed by atoms with Gasteiger partial charge in [-0.15, -0.1) is 0 Å². The van der Waals surface area contributed by atoms with E-state index in [-0.39, 0.29) is 23.8 Å². The van der Waals surface area contributed by atoms with Crippen molar-refractivity contribution >= 4 is 17.6 Å². The highest BCUT2D eigenvalue weighted by Gasteiger charge is 2.51. The zero-order valence-corrected chi connectivity index (χ0v) is 23.4. The molecule has 3 saturated heterocycles. The van der Waals surface area contributed by atoms with Gasteiger partial charge in [0, 0.05) is 63.6 Å². The van der Waals surface area contributed by atoms with E-state index in [1.807, 2.05) is 29.2 Å². The minimum absolute atomic E-state index is 0.0176. The molecule has 0 aliphatic carbocycles. The summed E-state index contributed by atoms with van der Waals surface area (Å²) < 4.78 is 13.1. The number of hydrogen-bond donors (Lipinski definition) is 0. The van der Waals surface area contributed by atoms with Crippen LogP contribution >= 0.6 is 0 Å². The largest absolute Gasteiger partial charge is 0.378 e. The van der Waals surface area contributed by atoms with Gasteiger partial charge in [0.25, 0.3) is 11.8 Å². The summed E-state index contributed by atoms with van der Waals surface area (Å²) in [5.41, 5.74) is 4.52. The quantitative estimate of drug-likeness (QED) is 0.466. The van der Waals surface area contributed by atoms with Gasteiger partial charge in [0.1, 0.15) is 11.9 Å². The van der Waals surface area contributed by atoms with Crippen LogP contribution in [0.2, 0.25) is 0 Å². The molecule has 4 aliphatic rings. The van der Waals surface area contributed by atoms with E-state index in [2.05, 4.69) is 53.6 Å². The number of aromatic nitrogens is 2. The Balaban J connectivity index is 1.09. The lowest BCUT2D eigenvalue weighted by Crippen LogP contribution is -2.45. The first-order chi connectivity index (χ1) is 20.0. The second kappa shape index (κ2) is 10.5. The van der Waals surface area contributed by atoms with Crippen LogP contribution in [0.3, 0.4) is 0 Å². The van der Waals surface area contributed by atoms with Crippen LogP contribution in [0, 0.1) is 5.92 Å². The second-order valence-corrected chi connectivity index (χ2v) is 11.7. The molecule has 9 heteroatoms. The van der Waals surface area contributed by atoms with Crippen molar-refractivity contribution in [1.82, 2.24) is 19.6 Å². The average molecular weight is 554 g/mol. The molecule has 1 unspecified atom stereocenters. The molecule has 212 valence electrons. The molecule has 3 fully saturated rings. The first-order valence-corrected chi connectivity index (χ1v) is 14.6. The zero-order valence-electron chi connectivity index (χ0n) is 23.4. The average Bonchev–Trinajstić information content (AvgIpc) is 3.84.